The molecule has 2 N–H and O–H groups in total. The number of ether oxygens (including phenoxy) is 1. The number of nitrogen functional groups attached to an aromatic ring is 1. The molecule has 0 fully saturated rings. The Bertz CT molecular complexity index is 490. The number of anilines is 1. The topological polar surface area (TPSA) is 78.3 Å². The quantitative estimate of drug-likeness (QED) is 0.542. The van der Waals surface area contributed by atoms with Crippen molar-refractivity contribution in [3.05, 3.63) is 23.9 Å². The van der Waals surface area contributed by atoms with Gasteiger partial charge in [-0.25, -0.2) is 4.79 Å². The van der Waals surface area contributed by atoms with E-state index in [4.69, 9.17) is 10.3 Å². The second-order valence-electron chi connectivity index (χ2n) is 2.79. The van der Waals surface area contributed by atoms with Gasteiger partial charge in [-0.1, -0.05) is 5.16 Å². The molecule has 2 rings (SSSR count). The lowest BCUT2D eigenvalue weighted by Gasteiger charge is -2.02. The van der Waals surface area contributed by atoms with Crippen LogP contribution in [0, 0.1) is 0 Å². The van der Waals surface area contributed by atoms with Gasteiger partial charge < -0.3 is 15.0 Å². The molecule has 14 heavy (non-hydrogen) atoms. The Balaban J connectivity index is 2.64. The van der Waals surface area contributed by atoms with Crippen molar-refractivity contribution in [3.8, 4) is 0 Å². The van der Waals surface area contributed by atoms with Crippen molar-refractivity contribution in [2.24, 2.45) is 0 Å². The summed E-state index contributed by atoms with van der Waals surface area (Å²) in [6, 6.07) is 3.14. The SMILES string of the molecule is COC(=O)c1cc2cnoc2cc1N. The summed E-state index contributed by atoms with van der Waals surface area (Å²) in [6.45, 7) is 0. The average Bonchev–Trinajstić information content (AvgIpc) is 2.62. The standard InChI is InChI=1S/C9H8N2O3/c1-13-9(12)6-2-5-4-11-14-8(5)3-7(6)10/h2-4H,10H2,1H3. The molecule has 1 aromatic carbocycles. The van der Waals surface area contributed by atoms with E-state index in [1.807, 2.05) is 0 Å². The third-order valence-electron chi connectivity index (χ3n) is 1.93. The van der Waals surface area contributed by atoms with Crippen LogP contribution in [0.1, 0.15) is 10.4 Å². The van der Waals surface area contributed by atoms with E-state index in [9.17, 15) is 4.79 Å². The Morgan fingerprint density at radius 2 is 2.36 bits per heavy atom. The summed E-state index contributed by atoms with van der Waals surface area (Å²) in [4.78, 5) is 11.2. The smallest absolute Gasteiger partial charge is 0.339 e. The highest BCUT2D eigenvalue weighted by Crippen LogP contribution is 2.21. The summed E-state index contributed by atoms with van der Waals surface area (Å²) in [5.74, 6) is -0.467. The lowest BCUT2D eigenvalue weighted by atomic mass is 10.1. The number of nitrogens with zero attached hydrogens (tertiary/aromatic N) is 1. The molecule has 5 heteroatoms. The maximum atomic E-state index is 11.2. The molecule has 0 atom stereocenters. The van der Waals surface area contributed by atoms with Crippen LogP contribution >= 0.6 is 0 Å². The predicted octanol–water partition coefficient (Wildman–Crippen LogP) is 1.20. The fraction of sp³-hybridized carbons (Fsp3) is 0.111. The Labute approximate surface area is 79.4 Å². The van der Waals surface area contributed by atoms with Crippen LogP contribution in [0.4, 0.5) is 5.69 Å². The molecular formula is C9H8N2O3. The molecule has 0 saturated heterocycles. The number of benzene rings is 1. The Morgan fingerprint density at radius 1 is 1.57 bits per heavy atom. The summed E-state index contributed by atoms with van der Waals surface area (Å²) in [5, 5.41) is 4.31. The first kappa shape index (κ1) is 8.55. The first-order valence-electron chi connectivity index (χ1n) is 3.94. The molecule has 0 aliphatic heterocycles. The normalized spacial score (nSPS) is 10.4. The molecule has 0 aliphatic carbocycles. The van der Waals surface area contributed by atoms with Gasteiger partial charge in [-0.15, -0.1) is 0 Å². The van der Waals surface area contributed by atoms with Crippen molar-refractivity contribution >= 4 is 22.6 Å². The highest BCUT2D eigenvalue weighted by atomic mass is 16.5. The number of carbonyl (C=O) groups is 1. The minimum Gasteiger partial charge on any atom is -0.465 e. The third-order valence-corrected chi connectivity index (χ3v) is 1.93. The summed E-state index contributed by atoms with van der Waals surface area (Å²) >= 11 is 0. The van der Waals surface area contributed by atoms with Crippen LogP contribution in [-0.4, -0.2) is 18.2 Å². The maximum Gasteiger partial charge on any atom is 0.339 e. The molecule has 0 amide bonds. The largest absolute Gasteiger partial charge is 0.465 e. The summed E-state index contributed by atoms with van der Waals surface area (Å²) in [6.07, 6.45) is 1.52. The van der Waals surface area contributed by atoms with E-state index in [2.05, 4.69) is 9.89 Å². The van der Waals surface area contributed by atoms with E-state index in [1.54, 1.807) is 12.1 Å². The number of hydrogen-bond donors (Lipinski definition) is 1. The lowest BCUT2D eigenvalue weighted by molar-refractivity contribution is 0.0602. The second-order valence-corrected chi connectivity index (χ2v) is 2.79. The summed E-state index contributed by atoms with van der Waals surface area (Å²) in [7, 11) is 1.31. The van der Waals surface area contributed by atoms with Crippen molar-refractivity contribution in [2.75, 3.05) is 12.8 Å². The van der Waals surface area contributed by atoms with Crippen molar-refractivity contribution < 1.29 is 14.1 Å². The van der Waals surface area contributed by atoms with Gasteiger partial charge in [0.2, 0.25) is 0 Å². The van der Waals surface area contributed by atoms with Gasteiger partial charge in [0.1, 0.15) is 0 Å². The molecule has 0 spiro atoms. The van der Waals surface area contributed by atoms with Crippen LogP contribution in [-0.2, 0) is 4.74 Å². The van der Waals surface area contributed by atoms with Crippen molar-refractivity contribution in [2.45, 2.75) is 0 Å². The number of fused-ring (bicyclic) bond motifs is 1. The van der Waals surface area contributed by atoms with E-state index in [0.29, 0.717) is 16.8 Å². The Morgan fingerprint density at radius 3 is 3.07 bits per heavy atom. The monoisotopic (exact) mass is 192 g/mol. The first-order chi connectivity index (χ1) is 6.72. The van der Waals surface area contributed by atoms with Crippen LogP contribution in [0.5, 0.6) is 0 Å². The molecule has 2 aromatic rings. The molecule has 0 unspecified atom stereocenters. The zero-order valence-corrected chi connectivity index (χ0v) is 7.48. The van der Waals surface area contributed by atoms with E-state index in [1.165, 1.54) is 13.3 Å². The molecule has 1 heterocycles. The summed E-state index contributed by atoms with van der Waals surface area (Å²) < 4.78 is 9.46. The molecule has 72 valence electrons. The fourth-order valence-corrected chi connectivity index (χ4v) is 1.22. The highest BCUT2D eigenvalue weighted by molar-refractivity contribution is 5.99. The maximum absolute atomic E-state index is 11.2. The minimum absolute atomic E-state index is 0.320. The van der Waals surface area contributed by atoms with Crippen molar-refractivity contribution in [1.29, 1.82) is 0 Å². The number of methoxy groups -OCH3 is 1. The predicted molar refractivity (Wildman–Crippen MR) is 49.8 cm³/mol. The molecule has 1 aromatic heterocycles. The summed E-state index contributed by atoms with van der Waals surface area (Å²) in [5.41, 5.74) is 6.83. The average molecular weight is 192 g/mol. The van der Waals surface area contributed by atoms with Crippen LogP contribution in [0.3, 0.4) is 0 Å². The van der Waals surface area contributed by atoms with Gasteiger partial charge in [0.25, 0.3) is 0 Å². The minimum atomic E-state index is -0.467. The van der Waals surface area contributed by atoms with Crippen LogP contribution in [0.15, 0.2) is 22.9 Å². The van der Waals surface area contributed by atoms with E-state index < -0.39 is 5.97 Å². The van der Waals surface area contributed by atoms with Crippen LogP contribution in [0.25, 0.3) is 11.0 Å². The van der Waals surface area contributed by atoms with Gasteiger partial charge in [-0.3, -0.25) is 0 Å². The second kappa shape index (κ2) is 3.02. The van der Waals surface area contributed by atoms with E-state index in [-0.39, 0.29) is 0 Å². The lowest BCUT2D eigenvalue weighted by Crippen LogP contribution is -2.05. The van der Waals surface area contributed by atoms with Crippen LogP contribution < -0.4 is 5.73 Å². The molecule has 5 nitrogen and oxygen atoms in total. The van der Waals surface area contributed by atoms with Crippen LogP contribution in [0.2, 0.25) is 0 Å². The number of carbonyl (C=O) groups excluding carboxylic acids is 1. The van der Waals surface area contributed by atoms with Gasteiger partial charge in [0.05, 0.1) is 18.9 Å². The van der Waals surface area contributed by atoms with E-state index >= 15 is 0 Å². The van der Waals surface area contributed by atoms with Crippen molar-refractivity contribution in [1.82, 2.24) is 5.16 Å². The molecule has 0 aliphatic rings. The number of hydrogen-bond acceptors (Lipinski definition) is 5. The van der Waals surface area contributed by atoms with Gasteiger partial charge >= 0.3 is 5.97 Å². The molecule has 0 bridgehead atoms. The number of nitrogens with two attached hydrogens (primary N) is 1. The molecular weight excluding hydrogens is 184 g/mol. The fourth-order valence-electron chi connectivity index (χ4n) is 1.22. The van der Waals surface area contributed by atoms with Gasteiger partial charge in [0, 0.05) is 17.1 Å². The number of rotatable bonds is 1. The molecule has 0 saturated carbocycles. The Kier molecular flexibility index (Phi) is 1.85. The zero-order chi connectivity index (χ0) is 10.1. The highest BCUT2D eigenvalue weighted by Gasteiger charge is 2.12. The number of esters is 1. The number of aromatic nitrogens is 1. The van der Waals surface area contributed by atoms with Crippen molar-refractivity contribution in [3.63, 3.8) is 0 Å². The third kappa shape index (κ3) is 1.19. The van der Waals surface area contributed by atoms with Gasteiger partial charge in [-0.05, 0) is 6.07 Å². The Hall–Kier alpha value is -2.04. The molecule has 0 radical (unpaired) electrons. The van der Waals surface area contributed by atoms with E-state index in [0.717, 1.165) is 5.39 Å². The first-order valence-corrected chi connectivity index (χ1v) is 3.94. The van der Waals surface area contributed by atoms with Gasteiger partial charge in [-0.2, -0.15) is 0 Å². The van der Waals surface area contributed by atoms with Gasteiger partial charge in [0.15, 0.2) is 5.58 Å². The zero-order valence-electron chi connectivity index (χ0n) is 7.48.